The van der Waals surface area contributed by atoms with Gasteiger partial charge in [0.15, 0.2) is 0 Å². The van der Waals surface area contributed by atoms with Crippen LogP contribution in [-0.4, -0.2) is 29.4 Å². The van der Waals surface area contributed by atoms with Crippen LogP contribution in [0.1, 0.15) is 10.5 Å². The highest BCUT2D eigenvalue weighted by Gasteiger charge is 2.14. The fourth-order valence-electron chi connectivity index (χ4n) is 1.65. The molecule has 0 aliphatic heterocycles. The Balaban J connectivity index is 2.47. The molecule has 0 aliphatic carbocycles. The summed E-state index contributed by atoms with van der Waals surface area (Å²) in [6.07, 6.45) is 5.18. The van der Waals surface area contributed by atoms with Crippen LogP contribution in [-0.2, 0) is 0 Å². The summed E-state index contributed by atoms with van der Waals surface area (Å²) in [7, 11) is 1.63. The molecular weight excluding hydrogens is 248 g/mol. The SMILES string of the molecule is C#CCN(C)C(=O)c1cc(Cl)c2ccccc2n1. The fourth-order valence-corrected chi connectivity index (χ4v) is 1.91. The van der Waals surface area contributed by atoms with Crippen LogP contribution in [0.5, 0.6) is 0 Å². The van der Waals surface area contributed by atoms with Gasteiger partial charge in [0.05, 0.1) is 17.1 Å². The number of fused-ring (bicyclic) bond motifs is 1. The van der Waals surface area contributed by atoms with E-state index in [0.29, 0.717) is 16.2 Å². The third-order valence-electron chi connectivity index (χ3n) is 2.56. The number of hydrogen-bond acceptors (Lipinski definition) is 2. The molecule has 0 spiro atoms. The number of rotatable bonds is 2. The maximum atomic E-state index is 12.0. The topological polar surface area (TPSA) is 33.2 Å². The van der Waals surface area contributed by atoms with Gasteiger partial charge in [-0.25, -0.2) is 4.98 Å². The maximum Gasteiger partial charge on any atom is 0.273 e. The van der Waals surface area contributed by atoms with Crippen LogP contribution in [0.25, 0.3) is 10.9 Å². The Morgan fingerprint density at radius 1 is 1.50 bits per heavy atom. The summed E-state index contributed by atoms with van der Waals surface area (Å²) in [5.41, 5.74) is 0.999. The van der Waals surface area contributed by atoms with E-state index in [1.54, 1.807) is 13.1 Å². The summed E-state index contributed by atoms with van der Waals surface area (Å²) in [4.78, 5) is 17.8. The van der Waals surface area contributed by atoms with E-state index in [1.165, 1.54) is 4.90 Å². The molecule has 2 rings (SSSR count). The number of halogens is 1. The minimum atomic E-state index is -0.236. The molecule has 90 valence electrons. The summed E-state index contributed by atoms with van der Waals surface area (Å²) >= 11 is 6.14. The lowest BCUT2D eigenvalue weighted by Crippen LogP contribution is -2.27. The summed E-state index contributed by atoms with van der Waals surface area (Å²) in [6, 6.07) is 8.98. The van der Waals surface area contributed by atoms with Crippen LogP contribution >= 0.6 is 11.6 Å². The lowest BCUT2D eigenvalue weighted by Gasteiger charge is -2.13. The number of amides is 1. The first-order chi connectivity index (χ1) is 8.63. The minimum absolute atomic E-state index is 0.236. The number of aromatic nitrogens is 1. The van der Waals surface area contributed by atoms with E-state index in [2.05, 4.69) is 10.9 Å². The average Bonchev–Trinajstić information content (AvgIpc) is 2.38. The smallest absolute Gasteiger partial charge is 0.273 e. The molecule has 0 saturated heterocycles. The number of carbonyl (C=O) groups is 1. The molecule has 1 aromatic carbocycles. The first-order valence-electron chi connectivity index (χ1n) is 5.37. The first kappa shape index (κ1) is 12.4. The highest BCUT2D eigenvalue weighted by atomic mass is 35.5. The van der Waals surface area contributed by atoms with Crippen molar-refractivity contribution >= 4 is 28.4 Å². The number of benzene rings is 1. The number of terminal acetylenes is 1. The van der Waals surface area contributed by atoms with Crippen molar-refractivity contribution in [1.29, 1.82) is 0 Å². The maximum absolute atomic E-state index is 12.0. The van der Waals surface area contributed by atoms with Gasteiger partial charge in [0.2, 0.25) is 0 Å². The second-order valence-corrected chi connectivity index (χ2v) is 4.28. The molecule has 0 bridgehead atoms. The molecular formula is C14H11ClN2O. The molecule has 0 saturated carbocycles. The van der Waals surface area contributed by atoms with Crippen LogP contribution in [0.2, 0.25) is 5.02 Å². The van der Waals surface area contributed by atoms with Gasteiger partial charge in [-0.3, -0.25) is 4.79 Å². The van der Waals surface area contributed by atoms with Gasteiger partial charge in [0.1, 0.15) is 5.69 Å². The number of carbonyl (C=O) groups excluding carboxylic acids is 1. The summed E-state index contributed by atoms with van der Waals surface area (Å²) < 4.78 is 0. The van der Waals surface area contributed by atoms with Crippen molar-refractivity contribution in [3.63, 3.8) is 0 Å². The van der Waals surface area contributed by atoms with Crippen molar-refractivity contribution < 1.29 is 4.79 Å². The molecule has 0 atom stereocenters. The Hall–Kier alpha value is -2.05. The van der Waals surface area contributed by atoms with E-state index in [-0.39, 0.29) is 12.5 Å². The van der Waals surface area contributed by atoms with Gasteiger partial charge in [0.25, 0.3) is 5.91 Å². The van der Waals surface area contributed by atoms with Gasteiger partial charge >= 0.3 is 0 Å². The van der Waals surface area contributed by atoms with Crippen LogP contribution < -0.4 is 0 Å². The standard InChI is InChI=1S/C14H11ClN2O/c1-3-8-17(2)14(18)13-9-11(15)10-6-4-5-7-12(10)16-13/h1,4-7,9H,8H2,2H3. The van der Waals surface area contributed by atoms with Gasteiger partial charge in [-0.15, -0.1) is 6.42 Å². The molecule has 1 heterocycles. The number of pyridine rings is 1. The zero-order chi connectivity index (χ0) is 13.1. The third kappa shape index (κ3) is 2.29. The molecule has 3 nitrogen and oxygen atoms in total. The molecule has 4 heteroatoms. The third-order valence-corrected chi connectivity index (χ3v) is 2.87. The Bertz CT molecular complexity index is 646. The van der Waals surface area contributed by atoms with Crippen molar-refractivity contribution in [3.05, 3.63) is 41.0 Å². The Kier molecular flexibility index (Phi) is 3.50. The molecule has 18 heavy (non-hydrogen) atoms. The predicted molar refractivity (Wildman–Crippen MR) is 72.5 cm³/mol. The van der Waals surface area contributed by atoms with Gasteiger partial charge in [-0.1, -0.05) is 35.7 Å². The second kappa shape index (κ2) is 5.07. The van der Waals surface area contributed by atoms with Crippen molar-refractivity contribution in [2.45, 2.75) is 0 Å². The molecule has 0 N–H and O–H groups in total. The molecule has 1 amide bonds. The lowest BCUT2D eigenvalue weighted by molar-refractivity contribution is 0.0807. The summed E-state index contributed by atoms with van der Waals surface area (Å²) in [5.74, 6) is 2.18. The number of hydrogen-bond donors (Lipinski definition) is 0. The van der Waals surface area contributed by atoms with Crippen molar-refractivity contribution in [3.8, 4) is 12.3 Å². The molecule has 0 fully saturated rings. The van der Waals surface area contributed by atoms with E-state index in [9.17, 15) is 4.79 Å². The van der Waals surface area contributed by atoms with Crippen molar-refractivity contribution in [1.82, 2.24) is 9.88 Å². The van der Waals surface area contributed by atoms with E-state index >= 15 is 0 Å². The highest BCUT2D eigenvalue weighted by Crippen LogP contribution is 2.23. The molecule has 0 aliphatic rings. The van der Waals surface area contributed by atoms with Gasteiger partial charge in [-0.05, 0) is 12.1 Å². The van der Waals surface area contributed by atoms with Gasteiger partial charge in [0, 0.05) is 12.4 Å². The normalized spacial score (nSPS) is 10.1. The first-order valence-corrected chi connectivity index (χ1v) is 5.75. The van der Waals surface area contributed by atoms with Crippen molar-refractivity contribution in [2.24, 2.45) is 0 Å². The van der Waals surface area contributed by atoms with Crippen molar-refractivity contribution in [2.75, 3.05) is 13.6 Å². The zero-order valence-electron chi connectivity index (χ0n) is 9.85. The van der Waals surface area contributed by atoms with Crippen LogP contribution in [0.4, 0.5) is 0 Å². The molecule has 0 unspecified atom stereocenters. The monoisotopic (exact) mass is 258 g/mol. The quantitative estimate of drug-likeness (QED) is 0.776. The van der Waals surface area contributed by atoms with Crippen LogP contribution in [0.15, 0.2) is 30.3 Å². The molecule has 1 aromatic heterocycles. The van der Waals surface area contributed by atoms with E-state index in [4.69, 9.17) is 18.0 Å². The number of para-hydroxylation sites is 1. The summed E-state index contributed by atoms with van der Waals surface area (Å²) in [6.45, 7) is 0.241. The minimum Gasteiger partial charge on any atom is -0.329 e. The largest absolute Gasteiger partial charge is 0.329 e. The zero-order valence-corrected chi connectivity index (χ0v) is 10.6. The Morgan fingerprint density at radius 3 is 2.94 bits per heavy atom. The predicted octanol–water partition coefficient (Wildman–Crippen LogP) is 2.59. The van der Waals surface area contributed by atoms with E-state index in [0.717, 1.165) is 5.39 Å². The average molecular weight is 259 g/mol. The highest BCUT2D eigenvalue weighted by molar-refractivity contribution is 6.35. The Morgan fingerprint density at radius 2 is 2.22 bits per heavy atom. The van der Waals surface area contributed by atoms with E-state index < -0.39 is 0 Å². The second-order valence-electron chi connectivity index (χ2n) is 3.87. The number of nitrogens with zero attached hydrogens (tertiary/aromatic N) is 2. The van der Waals surface area contributed by atoms with Gasteiger partial charge in [-0.2, -0.15) is 0 Å². The van der Waals surface area contributed by atoms with Crippen LogP contribution in [0, 0.1) is 12.3 Å². The van der Waals surface area contributed by atoms with Gasteiger partial charge < -0.3 is 4.90 Å². The Labute approximate surface area is 110 Å². The van der Waals surface area contributed by atoms with Crippen LogP contribution in [0.3, 0.4) is 0 Å². The molecule has 0 radical (unpaired) electrons. The molecule has 2 aromatic rings. The fraction of sp³-hybridized carbons (Fsp3) is 0.143. The van der Waals surface area contributed by atoms with E-state index in [1.807, 2.05) is 24.3 Å². The lowest BCUT2D eigenvalue weighted by atomic mass is 10.2. The summed E-state index contributed by atoms with van der Waals surface area (Å²) in [5, 5.41) is 1.34.